The van der Waals surface area contributed by atoms with Crippen LogP contribution < -0.4 is 4.90 Å². The molecule has 0 radical (unpaired) electrons. The molecule has 0 unspecified atom stereocenters. The first kappa shape index (κ1) is 16.9. The molecule has 8 nitrogen and oxygen atoms in total. The molecule has 8 heteroatoms. The highest BCUT2D eigenvalue weighted by Gasteiger charge is 2.36. The number of nitrogens with zero attached hydrogens (tertiary/aromatic N) is 5. The van der Waals surface area contributed by atoms with E-state index in [0.29, 0.717) is 12.4 Å². The van der Waals surface area contributed by atoms with Gasteiger partial charge in [-0.15, -0.1) is 0 Å². The predicted octanol–water partition coefficient (Wildman–Crippen LogP) is 3.21. The number of non-ortho nitro benzene ring substituents is 1. The second kappa shape index (κ2) is 6.64. The fourth-order valence-corrected chi connectivity index (χ4v) is 3.50. The average molecular weight is 363 g/mol. The van der Waals surface area contributed by atoms with Gasteiger partial charge in [-0.3, -0.25) is 19.8 Å². The summed E-state index contributed by atoms with van der Waals surface area (Å²) in [5.74, 6) is 0.117. The maximum Gasteiger partial charge on any atom is 0.270 e. The van der Waals surface area contributed by atoms with E-state index in [1.54, 1.807) is 15.6 Å². The van der Waals surface area contributed by atoms with E-state index in [9.17, 15) is 14.9 Å². The van der Waals surface area contributed by atoms with Gasteiger partial charge in [-0.2, -0.15) is 10.1 Å². The van der Waals surface area contributed by atoms with Gasteiger partial charge in [0.25, 0.3) is 11.6 Å². The first-order chi connectivity index (χ1) is 13.1. The minimum absolute atomic E-state index is 0.0205. The highest BCUT2D eigenvalue weighted by Crippen LogP contribution is 2.35. The molecule has 0 saturated carbocycles. The number of anilines is 1. The van der Waals surface area contributed by atoms with Crippen molar-refractivity contribution in [1.29, 1.82) is 0 Å². The van der Waals surface area contributed by atoms with Crippen molar-refractivity contribution in [2.75, 3.05) is 4.90 Å². The molecule has 3 aromatic rings. The fraction of sp³-hybridized carbons (Fsp3) is 0.211. The number of aromatic nitrogens is 3. The van der Waals surface area contributed by atoms with Gasteiger partial charge in [-0.05, 0) is 25.0 Å². The molecule has 2 heterocycles. The van der Waals surface area contributed by atoms with Crippen molar-refractivity contribution in [3.8, 4) is 0 Å². The van der Waals surface area contributed by atoms with E-state index in [4.69, 9.17) is 0 Å². The van der Waals surface area contributed by atoms with Gasteiger partial charge in [0.15, 0.2) is 0 Å². The normalized spacial score (nSPS) is 18.8. The number of benzene rings is 2. The fourth-order valence-electron chi connectivity index (χ4n) is 3.50. The maximum absolute atomic E-state index is 13.1. The summed E-state index contributed by atoms with van der Waals surface area (Å²) < 4.78 is 1.74. The van der Waals surface area contributed by atoms with E-state index in [2.05, 4.69) is 10.1 Å². The average Bonchev–Trinajstić information content (AvgIpc) is 3.17. The molecule has 0 spiro atoms. The summed E-state index contributed by atoms with van der Waals surface area (Å²) in [6.07, 6.45) is 2.10. The Kier molecular flexibility index (Phi) is 4.15. The zero-order valence-electron chi connectivity index (χ0n) is 14.6. The van der Waals surface area contributed by atoms with Crippen LogP contribution in [0, 0.1) is 10.1 Å². The van der Waals surface area contributed by atoms with Gasteiger partial charge >= 0.3 is 0 Å². The minimum atomic E-state index is -0.510. The van der Waals surface area contributed by atoms with Gasteiger partial charge in [0.1, 0.15) is 6.33 Å². The Hall–Kier alpha value is -3.55. The van der Waals surface area contributed by atoms with Gasteiger partial charge in [0, 0.05) is 23.7 Å². The number of nitro groups is 1. The summed E-state index contributed by atoms with van der Waals surface area (Å²) >= 11 is 0. The summed E-state index contributed by atoms with van der Waals surface area (Å²) in [4.78, 5) is 29.5. The van der Waals surface area contributed by atoms with Crippen molar-refractivity contribution in [2.24, 2.45) is 0 Å². The molecule has 0 fully saturated rings. The molecule has 1 aliphatic rings. The first-order valence-electron chi connectivity index (χ1n) is 8.58. The topological polar surface area (TPSA) is 94.2 Å². The van der Waals surface area contributed by atoms with Gasteiger partial charge in [0.05, 0.1) is 11.0 Å². The lowest BCUT2D eigenvalue weighted by molar-refractivity contribution is -0.384. The molecule has 1 amide bonds. The van der Waals surface area contributed by atoms with Gasteiger partial charge in [0.2, 0.25) is 5.95 Å². The number of nitro benzene ring substituents is 1. The second-order valence-electron chi connectivity index (χ2n) is 6.50. The molecule has 0 bridgehead atoms. The third-order valence-electron chi connectivity index (χ3n) is 4.78. The van der Waals surface area contributed by atoms with Crippen molar-refractivity contribution in [1.82, 2.24) is 14.8 Å². The number of fused-ring (bicyclic) bond motifs is 1. The number of hydrogen-bond donors (Lipinski definition) is 0. The molecule has 4 rings (SSSR count). The quantitative estimate of drug-likeness (QED) is 0.526. The Balaban J connectivity index is 1.73. The smallest absolute Gasteiger partial charge is 0.270 e. The highest BCUT2D eigenvalue weighted by atomic mass is 16.6. The molecule has 0 saturated heterocycles. The number of carbonyl (C=O) groups excluding carboxylic acids is 1. The molecule has 0 aliphatic carbocycles. The molecule has 136 valence electrons. The van der Waals surface area contributed by atoms with Crippen LogP contribution >= 0.6 is 0 Å². The molecule has 2 atom stereocenters. The van der Waals surface area contributed by atoms with Crippen molar-refractivity contribution in [2.45, 2.75) is 25.4 Å². The van der Waals surface area contributed by atoms with Crippen LogP contribution in [0.15, 0.2) is 60.9 Å². The summed E-state index contributed by atoms with van der Waals surface area (Å²) in [6, 6.07) is 15.5. The number of rotatable bonds is 3. The van der Waals surface area contributed by atoms with Crippen LogP contribution in [0.2, 0.25) is 0 Å². The predicted molar refractivity (Wildman–Crippen MR) is 98.6 cm³/mol. The van der Waals surface area contributed by atoms with Crippen LogP contribution in [0.4, 0.5) is 11.6 Å². The third kappa shape index (κ3) is 2.95. The molecule has 27 heavy (non-hydrogen) atoms. The first-order valence-corrected chi connectivity index (χ1v) is 8.58. The van der Waals surface area contributed by atoms with E-state index < -0.39 is 4.92 Å². The standard InChI is InChI=1S/C19H17N5O3/c1-13-10-17(14-6-3-2-4-7-14)23-19(20-12-21-23)22(13)18(25)15-8-5-9-16(11-15)24(26)27/h2-9,11-13,17H,10H2,1H3/t13-,17-/m0/s1. The van der Waals surface area contributed by atoms with Crippen LogP contribution in [-0.2, 0) is 0 Å². The van der Waals surface area contributed by atoms with E-state index in [-0.39, 0.29) is 29.2 Å². The minimum Gasteiger partial charge on any atom is -0.274 e. The molecular weight excluding hydrogens is 346 g/mol. The van der Waals surface area contributed by atoms with Gasteiger partial charge < -0.3 is 0 Å². The van der Waals surface area contributed by atoms with Crippen molar-refractivity contribution < 1.29 is 9.72 Å². The number of amides is 1. The third-order valence-corrected chi connectivity index (χ3v) is 4.78. The van der Waals surface area contributed by atoms with Crippen molar-refractivity contribution >= 4 is 17.5 Å². The summed E-state index contributed by atoms with van der Waals surface area (Å²) in [5.41, 5.74) is 1.23. The lowest BCUT2D eigenvalue weighted by Gasteiger charge is -2.37. The number of carbonyl (C=O) groups is 1. The van der Waals surface area contributed by atoms with Crippen LogP contribution in [0.5, 0.6) is 0 Å². The van der Waals surface area contributed by atoms with Crippen molar-refractivity contribution in [3.63, 3.8) is 0 Å². The van der Waals surface area contributed by atoms with E-state index in [1.165, 1.54) is 24.5 Å². The zero-order chi connectivity index (χ0) is 19.0. The SMILES string of the molecule is C[C@H]1C[C@@H](c2ccccc2)n2ncnc2N1C(=O)c1cccc([N+](=O)[O-])c1. The second-order valence-corrected chi connectivity index (χ2v) is 6.50. The molecule has 1 aromatic heterocycles. The Labute approximate surface area is 155 Å². The molecule has 0 N–H and O–H groups in total. The van der Waals surface area contributed by atoms with Gasteiger partial charge in [-0.1, -0.05) is 36.4 Å². The van der Waals surface area contributed by atoms with Crippen LogP contribution in [0.25, 0.3) is 0 Å². The zero-order valence-corrected chi connectivity index (χ0v) is 14.6. The Morgan fingerprint density at radius 3 is 2.70 bits per heavy atom. The van der Waals surface area contributed by atoms with Crippen LogP contribution in [-0.4, -0.2) is 31.6 Å². The van der Waals surface area contributed by atoms with Crippen LogP contribution in [0.1, 0.15) is 35.3 Å². The van der Waals surface area contributed by atoms with E-state index >= 15 is 0 Å². The number of hydrogen-bond acceptors (Lipinski definition) is 5. The summed E-state index contributed by atoms with van der Waals surface area (Å²) in [5, 5.41) is 15.4. The van der Waals surface area contributed by atoms with Crippen LogP contribution in [0.3, 0.4) is 0 Å². The van der Waals surface area contributed by atoms with Crippen molar-refractivity contribution in [3.05, 3.63) is 82.2 Å². The largest absolute Gasteiger partial charge is 0.274 e. The monoisotopic (exact) mass is 363 g/mol. The molecular formula is C19H17N5O3. The highest BCUT2D eigenvalue weighted by molar-refractivity contribution is 6.06. The Morgan fingerprint density at radius 1 is 1.19 bits per heavy atom. The van der Waals surface area contributed by atoms with E-state index in [1.807, 2.05) is 37.3 Å². The molecule has 2 aromatic carbocycles. The summed E-state index contributed by atoms with van der Waals surface area (Å²) in [7, 11) is 0. The Bertz CT molecular complexity index is 1000. The lowest BCUT2D eigenvalue weighted by atomic mass is 9.97. The van der Waals surface area contributed by atoms with E-state index in [0.717, 1.165) is 5.56 Å². The van der Waals surface area contributed by atoms with Gasteiger partial charge in [-0.25, -0.2) is 4.68 Å². The summed E-state index contributed by atoms with van der Waals surface area (Å²) in [6.45, 7) is 1.95. The maximum atomic E-state index is 13.1. The lowest BCUT2D eigenvalue weighted by Crippen LogP contribution is -2.46. The molecule has 1 aliphatic heterocycles. The Morgan fingerprint density at radius 2 is 1.96 bits per heavy atom.